The van der Waals surface area contributed by atoms with Crippen LogP contribution in [0.1, 0.15) is 67.2 Å². The fourth-order valence-corrected chi connectivity index (χ4v) is 5.93. The Balaban J connectivity index is 1.79. The predicted molar refractivity (Wildman–Crippen MR) is 138 cm³/mol. The molecule has 0 spiro atoms. The molecule has 1 saturated heterocycles. The van der Waals surface area contributed by atoms with Gasteiger partial charge in [-0.3, -0.25) is 19.1 Å². The number of aliphatic hydroxyl groups is 1. The predicted octanol–water partition coefficient (Wildman–Crippen LogP) is 0.557. The van der Waals surface area contributed by atoms with E-state index in [-0.39, 0.29) is 19.4 Å². The molecule has 0 aromatic heterocycles. The zero-order valence-electron chi connectivity index (χ0n) is 22.9. The lowest BCUT2D eigenvalue weighted by Gasteiger charge is -2.36. The van der Waals surface area contributed by atoms with Gasteiger partial charge in [-0.1, -0.05) is 26.8 Å². The van der Waals surface area contributed by atoms with Crippen molar-refractivity contribution in [2.45, 2.75) is 102 Å². The van der Waals surface area contributed by atoms with Gasteiger partial charge in [0.05, 0.1) is 11.4 Å². The van der Waals surface area contributed by atoms with Gasteiger partial charge in [-0.2, -0.15) is 0 Å². The SMILES string of the molecule is C=C[C@@H]1C[C@]1(NC(=O)C1C[C@@H](O)CN1C(=O)[C@@H](NC(=O)OC(C)(C)C)C(C)(C)C)C(=O)NS(=O)(=O)C1CC1. The standard InChI is InChI=1S/C25H40N4O8S/c1-8-14-12-25(14,21(33)28-38(35,36)16-9-10-16)27-19(31)17-11-15(30)13-29(17)20(32)18(23(2,3)4)26-22(34)37-24(5,6)7/h8,14-18,30H,1,9-13H2,2-7H3,(H,26,34)(H,27,31)(H,28,33)/t14-,15-,17?,18-,25-/m1/s1. The molecule has 0 bridgehead atoms. The quantitative estimate of drug-likeness (QED) is 0.314. The zero-order chi connectivity index (χ0) is 28.8. The highest BCUT2D eigenvalue weighted by Crippen LogP contribution is 2.45. The summed E-state index contributed by atoms with van der Waals surface area (Å²) < 4.78 is 32.1. The van der Waals surface area contributed by atoms with Gasteiger partial charge in [-0.05, 0) is 45.4 Å². The van der Waals surface area contributed by atoms with Crippen LogP contribution in [0.25, 0.3) is 0 Å². The molecule has 0 aromatic carbocycles. The molecule has 13 heteroatoms. The molecular weight excluding hydrogens is 516 g/mol. The molecule has 12 nitrogen and oxygen atoms in total. The van der Waals surface area contributed by atoms with E-state index >= 15 is 0 Å². The summed E-state index contributed by atoms with van der Waals surface area (Å²) in [7, 11) is -3.84. The molecule has 3 rings (SSSR count). The summed E-state index contributed by atoms with van der Waals surface area (Å²) in [5.74, 6) is -2.64. The van der Waals surface area contributed by atoms with Gasteiger partial charge in [0.15, 0.2) is 0 Å². The minimum atomic E-state index is -3.84. The Morgan fingerprint density at radius 1 is 1.13 bits per heavy atom. The van der Waals surface area contributed by atoms with Gasteiger partial charge >= 0.3 is 6.09 Å². The molecule has 1 unspecified atom stereocenters. The Morgan fingerprint density at radius 2 is 1.74 bits per heavy atom. The van der Waals surface area contributed by atoms with Crippen LogP contribution in [-0.4, -0.2) is 83.4 Å². The van der Waals surface area contributed by atoms with Crippen LogP contribution in [-0.2, 0) is 29.1 Å². The summed E-state index contributed by atoms with van der Waals surface area (Å²) in [6.45, 7) is 13.8. The van der Waals surface area contributed by atoms with E-state index in [0.29, 0.717) is 12.8 Å². The van der Waals surface area contributed by atoms with E-state index in [1.807, 2.05) is 0 Å². The van der Waals surface area contributed by atoms with Gasteiger partial charge in [0.2, 0.25) is 21.8 Å². The summed E-state index contributed by atoms with van der Waals surface area (Å²) in [5.41, 5.74) is -3.08. The zero-order valence-corrected chi connectivity index (χ0v) is 23.7. The fraction of sp³-hybridized carbons (Fsp3) is 0.760. The number of sulfonamides is 1. The largest absolute Gasteiger partial charge is 0.444 e. The Bertz CT molecular complexity index is 1110. The number of amides is 4. The Kier molecular flexibility index (Phi) is 7.97. The molecule has 214 valence electrons. The van der Waals surface area contributed by atoms with Gasteiger partial charge in [0.1, 0.15) is 23.2 Å². The molecule has 2 aliphatic carbocycles. The van der Waals surface area contributed by atoms with Crippen LogP contribution in [0.3, 0.4) is 0 Å². The van der Waals surface area contributed by atoms with Crippen LogP contribution in [0.5, 0.6) is 0 Å². The first-order valence-electron chi connectivity index (χ1n) is 12.8. The number of ether oxygens (including phenoxy) is 1. The molecule has 0 aromatic rings. The van der Waals surface area contributed by atoms with Crippen molar-refractivity contribution in [3.8, 4) is 0 Å². The second-order valence-corrected chi connectivity index (χ2v) is 14.5. The maximum atomic E-state index is 13.6. The number of alkyl carbamates (subject to hydrolysis) is 1. The average Bonchev–Trinajstić information content (AvgIpc) is 3.66. The molecule has 3 aliphatic rings. The Hall–Kier alpha value is -2.67. The van der Waals surface area contributed by atoms with Crippen LogP contribution in [0.15, 0.2) is 12.7 Å². The number of rotatable bonds is 8. The number of nitrogens with one attached hydrogen (secondary N) is 3. The molecule has 38 heavy (non-hydrogen) atoms. The minimum absolute atomic E-state index is 0.0856. The number of hydrogen-bond donors (Lipinski definition) is 4. The first-order chi connectivity index (χ1) is 17.3. The van der Waals surface area contributed by atoms with Crippen LogP contribution >= 0.6 is 0 Å². The summed E-state index contributed by atoms with van der Waals surface area (Å²) in [5, 5.41) is 15.0. The van der Waals surface area contributed by atoms with E-state index in [2.05, 4.69) is 21.9 Å². The van der Waals surface area contributed by atoms with Crippen LogP contribution < -0.4 is 15.4 Å². The molecule has 0 radical (unpaired) electrons. The monoisotopic (exact) mass is 556 g/mol. The number of carbonyl (C=O) groups excluding carboxylic acids is 4. The lowest BCUT2D eigenvalue weighted by atomic mass is 9.85. The van der Waals surface area contributed by atoms with E-state index in [4.69, 9.17) is 4.74 Å². The number of likely N-dealkylation sites (tertiary alicyclic amines) is 1. The first-order valence-corrected chi connectivity index (χ1v) is 14.3. The molecule has 5 atom stereocenters. The highest BCUT2D eigenvalue weighted by Gasteiger charge is 2.62. The van der Waals surface area contributed by atoms with E-state index < -0.39 is 79.7 Å². The second-order valence-electron chi connectivity index (χ2n) is 12.5. The van der Waals surface area contributed by atoms with E-state index in [1.165, 1.54) is 11.0 Å². The van der Waals surface area contributed by atoms with Crippen molar-refractivity contribution in [3.63, 3.8) is 0 Å². The van der Waals surface area contributed by atoms with E-state index in [1.54, 1.807) is 41.5 Å². The first kappa shape index (κ1) is 29.9. The molecular formula is C25H40N4O8S. The molecule has 1 aliphatic heterocycles. The third-order valence-corrected chi connectivity index (χ3v) is 8.71. The molecule has 4 N–H and O–H groups in total. The molecule has 3 fully saturated rings. The van der Waals surface area contributed by atoms with E-state index in [9.17, 15) is 32.7 Å². The molecule has 2 saturated carbocycles. The highest BCUT2D eigenvalue weighted by molar-refractivity contribution is 7.91. The summed E-state index contributed by atoms with van der Waals surface area (Å²) >= 11 is 0. The summed E-state index contributed by atoms with van der Waals surface area (Å²) in [6.07, 6.45) is 0.667. The molecule has 4 amide bonds. The third kappa shape index (κ3) is 6.66. The van der Waals surface area contributed by atoms with Crippen molar-refractivity contribution in [3.05, 3.63) is 12.7 Å². The van der Waals surface area contributed by atoms with Gasteiger partial charge in [-0.25, -0.2) is 13.2 Å². The highest BCUT2D eigenvalue weighted by atomic mass is 32.2. The maximum Gasteiger partial charge on any atom is 0.408 e. The van der Waals surface area contributed by atoms with Crippen LogP contribution in [0.2, 0.25) is 0 Å². The summed E-state index contributed by atoms with van der Waals surface area (Å²) in [6, 6.07) is -2.22. The van der Waals surface area contributed by atoms with Crippen molar-refractivity contribution in [2.75, 3.05) is 6.54 Å². The molecule has 1 heterocycles. The third-order valence-electron chi connectivity index (χ3n) is 6.89. The number of aliphatic hydroxyl groups excluding tert-OH is 1. The van der Waals surface area contributed by atoms with Gasteiger partial charge in [-0.15, -0.1) is 6.58 Å². The second kappa shape index (κ2) is 10.1. The van der Waals surface area contributed by atoms with Crippen molar-refractivity contribution < 1.29 is 37.4 Å². The van der Waals surface area contributed by atoms with Crippen LogP contribution in [0, 0.1) is 11.3 Å². The maximum absolute atomic E-state index is 13.6. The lowest BCUT2D eigenvalue weighted by molar-refractivity contribution is -0.143. The van der Waals surface area contributed by atoms with Crippen LogP contribution in [0.4, 0.5) is 4.79 Å². The Morgan fingerprint density at radius 3 is 2.21 bits per heavy atom. The van der Waals surface area contributed by atoms with Gasteiger partial charge < -0.3 is 25.4 Å². The van der Waals surface area contributed by atoms with Crippen molar-refractivity contribution in [2.24, 2.45) is 11.3 Å². The topological polar surface area (TPSA) is 171 Å². The normalized spacial score (nSPS) is 28.2. The van der Waals surface area contributed by atoms with Crippen molar-refractivity contribution in [1.29, 1.82) is 0 Å². The average molecular weight is 557 g/mol. The smallest absolute Gasteiger partial charge is 0.408 e. The fourth-order valence-electron chi connectivity index (χ4n) is 4.56. The summed E-state index contributed by atoms with van der Waals surface area (Å²) in [4.78, 5) is 53.8. The number of hydrogen-bond acceptors (Lipinski definition) is 8. The van der Waals surface area contributed by atoms with Gasteiger partial charge in [0.25, 0.3) is 5.91 Å². The Labute approximate surface area is 224 Å². The minimum Gasteiger partial charge on any atom is -0.444 e. The van der Waals surface area contributed by atoms with Crippen molar-refractivity contribution >= 4 is 33.8 Å². The van der Waals surface area contributed by atoms with Crippen molar-refractivity contribution in [1.82, 2.24) is 20.3 Å². The van der Waals surface area contributed by atoms with E-state index in [0.717, 1.165) is 0 Å². The number of nitrogens with zero attached hydrogens (tertiary/aromatic N) is 1. The van der Waals surface area contributed by atoms with Gasteiger partial charge in [0, 0.05) is 18.9 Å². The lowest BCUT2D eigenvalue weighted by Crippen LogP contribution is -2.60. The number of β-amino-alcohol motifs (C(OH)–C–C–N with tert-alkyl or cyclic N) is 1. The number of carbonyl (C=O) groups is 4.